The van der Waals surface area contributed by atoms with Crippen LogP contribution in [0.15, 0.2) is 24.5 Å². The summed E-state index contributed by atoms with van der Waals surface area (Å²) in [7, 11) is 3.90. The van der Waals surface area contributed by atoms with E-state index in [0.29, 0.717) is 11.1 Å². The molecule has 0 saturated carbocycles. The zero-order chi connectivity index (χ0) is 21.1. The zero-order valence-corrected chi connectivity index (χ0v) is 18.1. The van der Waals surface area contributed by atoms with Gasteiger partial charge in [0.1, 0.15) is 5.69 Å². The highest BCUT2D eigenvalue weighted by atomic mass is 35.5. The lowest BCUT2D eigenvalue weighted by atomic mass is 10.0. The summed E-state index contributed by atoms with van der Waals surface area (Å²) in [5.41, 5.74) is 1.03. The summed E-state index contributed by atoms with van der Waals surface area (Å²) in [6.07, 6.45) is 4.54. The van der Waals surface area contributed by atoms with E-state index in [1.165, 1.54) is 12.4 Å². The number of carbonyl (C=O) groups is 1. The van der Waals surface area contributed by atoms with Gasteiger partial charge in [0.25, 0.3) is 0 Å². The minimum atomic E-state index is -0.723. The standard InChI is InChI=1S/C20H24Cl2FN5O/c1-12(26-20(29)28(3)13-6-10-27(2)11-7-13)14-4-5-15(17(22)16(14)21)18-19(23)25-9-8-24-18/h4-5,8-9,12-13H,6-7,10-11H2,1-3H3,(H,26,29). The second kappa shape index (κ2) is 9.24. The second-order valence-electron chi connectivity index (χ2n) is 7.34. The summed E-state index contributed by atoms with van der Waals surface area (Å²) >= 11 is 12.8. The third-order valence-corrected chi connectivity index (χ3v) is 6.28. The number of carbonyl (C=O) groups excluding carboxylic acids is 1. The van der Waals surface area contributed by atoms with Crippen molar-refractivity contribution in [3.05, 3.63) is 46.1 Å². The first-order valence-corrected chi connectivity index (χ1v) is 10.2. The fraction of sp³-hybridized carbons (Fsp3) is 0.450. The predicted octanol–water partition coefficient (Wildman–Crippen LogP) is 4.39. The van der Waals surface area contributed by atoms with E-state index in [1.807, 2.05) is 14.0 Å². The van der Waals surface area contributed by atoms with Gasteiger partial charge in [0.15, 0.2) is 0 Å². The molecular formula is C20H24Cl2FN5O. The largest absolute Gasteiger partial charge is 0.331 e. The summed E-state index contributed by atoms with van der Waals surface area (Å²) in [6, 6.07) is 3.03. The molecule has 1 fully saturated rings. The van der Waals surface area contributed by atoms with Crippen LogP contribution >= 0.6 is 23.2 Å². The number of aromatic nitrogens is 2. The average molecular weight is 440 g/mol. The molecule has 0 bridgehead atoms. The smallest absolute Gasteiger partial charge is 0.317 e. The number of likely N-dealkylation sites (tertiary alicyclic amines) is 1. The average Bonchev–Trinajstić information content (AvgIpc) is 2.70. The van der Waals surface area contributed by atoms with Gasteiger partial charge in [0, 0.05) is 31.0 Å². The van der Waals surface area contributed by atoms with Gasteiger partial charge in [-0.3, -0.25) is 0 Å². The fourth-order valence-electron chi connectivity index (χ4n) is 3.50. The number of hydrogen-bond donors (Lipinski definition) is 1. The normalized spacial score (nSPS) is 16.5. The highest BCUT2D eigenvalue weighted by Gasteiger charge is 2.26. The lowest BCUT2D eigenvalue weighted by molar-refractivity contribution is 0.146. The van der Waals surface area contributed by atoms with Gasteiger partial charge >= 0.3 is 6.03 Å². The van der Waals surface area contributed by atoms with Crippen LogP contribution in [0.25, 0.3) is 11.3 Å². The van der Waals surface area contributed by atoms with E-state index in [9.17, 15) is 9.18 Å². The van der Waals surface area contributed by atoms with Crippen LogP contribution in [0, 0.1) is 5.95 Å². The van der Waals surface area contributed by atoms with Crippen molar-refractivity contribution in [2.75, 3.05) is 27.2 Å². The predicted molar refractivity (Wildman–Crippen MR) is 113 cm³/mol. The van der Waals surface area contributed by atoms with Crippen molar-refractivity contribution < 1.29 is 9.18 Å². The van der Waals surface area contributed by atoms with Crippen LogP contribution in [0.3, 0.4) is 0 Å². The lowest BCUT2D eigenvalue weighted by Crippen LogP contribution is -2.48. The molecule has 1 saturated heterocycles. The SMILES string of the molecule is CC(NC(=O)N(C)C1CCN(C)CC1)c1ccc(-c2nccnc2F)c(Cl)c1Cl. The molecule has 1 N–H and O–H groups in total. The molecule has 9 heteroatoms. The van der Waals surface area contributed by atoms with Gasteiger partial charge in [0.2, 0.25) is 5.95 Å². The fourth-order valence-corrected chi connectivity index (χ4v) is 4.09. The summed E-state index contributed by atoms with van der Waals surface area (Å²) < 4.78 is 14.0. The third-order valence-electron chi connectivity index (χ3n) is 5.38. The molecule has 6 nitrogen and oxygen atoms in total. The zero-order valence-electron chi connectivity index (χ0n) is 16.6. The van der Waals surface area contributed by atoms with E-state index in [2.05, 4.69) is 27.2 Å². The van der Waals surface area contributed by atoms with Crippen LogP contribution < -0.4 is 5.32 Å². The van der Waals surface area contributed by atoms with E-state index in [-0.39, 0.29) is 33.9 Å². The summed E-state index contributed by atoms with van der Waals surface area (Å²) in [6.45, 7) is 3.78. The first-order chi connectivity index (χ1) is 13.8. The monoisotopic (exact) mass is 439 g/mol. The van der Waals surface area contributed by atoms with E-state index >= 15 is 0 Å². The highest BCUT2D eigenvalue weighted by Crippen LogP contribution is 2.38. The molecule has 2 heterocycles. The molecule has 2 amide bonds. The maximum Gasteiger partial charge on any atom is 0.317 e. The Morgan fingerprint density at radius 3 is 2.55 bits per heavy atom. The van der Waals surface area contributed by atoms with E-state index in [4.69, 9.17) is 23.2 Å². The summed E-state index contributed by atoms with van der Waals surface area (Å²) in [5, 5.41) is 3.40. The molecule has 3 rings (SSSR count). The number of piperidine rings is 1. The van der Waals surface area contributed by atoms with Crippen LogP contribution in [0.5, 0.6) is 0 Å². The molecule has 156 valence electrons. The first-order valence-electron chi connectivity index (χ1n) is 9.46. The number of hydrogen-bond acceptors (Lipinski definition) is 4. The number of urea groups is 1. The van der Waals surface area contributed by atoms with Crippen molar-refractivity contribution in [2.45, 2.75) is 31.8 Å². The Hall–Kier alpha value is -1.96. The molecule has 0 radical (unpaired) electrons. The van der Waals surface area contributed by atoms with Crippen molar-refractivity contribution in [2.24, 2.45) is 0 Å². The molecule has 1 aliphatic heterocycles. The van der Waals surface area contributed by atoms with Gasteiger partial charge in [-0.2, -0.15) is 4.39 Å². The minimum absolute atomic E-state index is 0.0321. The van der Waals surface area contributed by atoms with E-state index in [0.717, 1.165) is 25.9 Å². The van der Waals surface area contributed by atoms with Crippen molar-refractivity contribution in [1.29, 1.82) is 0 Å². The van der Waals surface area contributed by atoms with Crippen molar-refractivity contribution in [3.8, 4) is 11.3 Å². The summed E-state index contributed by atoms with van der Waals surface area (Å²) in [5.74, 6) is -0.723. The van der Waals surface area contributed by atoms with E-state index in [1.54, 1.807) is 17.0 Å². The molecule has 1 aromatic heterocycles. The maximum atomic E-state index is 14.0. The molecule has 1 aromatic carbocycles. The summed E-state index contributed by atoms with van der Waals surface area (Å²) in [4.78, 5) is 24.3. The first kappa shape index (κ1) is 21.7. The molecule has 29 heavy (non-hydrogen) atoms. The highest BCUT2D eigenvalue weighted by molar-refractivity contribution is 6.44. The lowest BCUT2D eigenvalue weighted by Gasteiger charge is -2.35. The second-order valence-corrected chi connectivity index (χ2v) is 8.10. The molecular weight excluding hydrogens is 416 g/mol. The van der Waals surface area contributed by atoms with Crippen LogP contribution in [0.1, 0.15) is 31.4 Å². The molecule has 0 spiro atoms. The number of nitrogens with zero attached hydrogens (tertiary/aromatic N) is 4. The Balaban J connectivity index is 1.74. The third kappa shape index (κ3) is 4.79. The Morgan fingerprint density at radius 2 is 1.90 bits per heavy atom. The van der Waals surface area contributed by atoms with Gasteiger partial charge in [-0.05, 0) is 45.5 Å². The van der Waals surface area contributed by atoms with Crippen molar-refractivity contribution in [1.82, 2.24) is 25.1 Å². The Labute approximate surface area is 180 Å². The molecule has 1 unspecified atom stereocenters. The van der Waals surface area contributed by atoms with Crippen LogP contribution in [0.2, 0.25) is 10.0 Å². The number of nitrogens with one attached hydrogen (secondary N) is 1. The number of amides is 2. The molecule has 1 atom stereocenters. The van der Waals surface area contributed by atoms with Crippen LogP contribution in [0.4, 0.5) is 9.18 Å². The van der Waals surface area contributed by atoms with Gasteiger partial charge < -0.3 is 15.1 Å². The molecule has 0 aliphatic carbocycles. The Bertz CT molecular complexity index is 889. The van der Waals surface area contributed by atoms with Gasteiger partial charge in [-0.15, -0.1) is 0 Å². The topological polar surface area (TPSA) is 61.4 Å². The quantitative estimate of drug-likeness (QED) is 0.767. The number of halogens is 3. The Morgan fingerprint density at radius 1 is 1.24 bits per heavy atom. The minimum Gasteiger partial charge on any atom is -0.331 e. The number of rotatable bonds is 4. The van der Waals surface area contributed by atoms with Crippen molar-refractivity contribution in [3.63, 3.8) is 0 Å². The maximum absolute atomic E-state index is 14.0. The number of benzene rings is 1. The van der Waals surface area contributed by atoms with Gasteiger partial charge in [-0.1, -0.05) is 35.3 Å². The van der Waals surface area contributed by atoms with Gasteiger partial charge in [0.05, 0.1) is 16.1 Å². The van der Waals surface area contributed by atoms with E-state index < -0.39 is 5.95 Å². The molecule has 2 aromatic rings. The van der Waals surface area contributed by atoms with Crippen LogP contribution in [-0.4, -0.2) is 59.0 Å². The van der Waals surface area contributed by atoms with Gasteiger partial charge in [-0.25, -0.2) is 14.8 Å². The van der Waals surface area contributed by atoms with Crippen molar-refractivity contribution >= 4 is 29.2 Å². The van der Waals surface area contributed by atoms with Crippen LogP contribution in [-0.2, 0) is 0 Å². The Kier molecular flexibility index (Phi) is 6.93. The molecule has 1 aliphatic rings.